The highest BCUT2D eigenvalue weighted by Crippen LogP contribution is 2.30. The minimum Gasteiger partial charge on any atom is -0.494 e. The lowest BCUT2D eigenvalue weighted by Crippen LogP contribution is -2.28. The number of rotatable bonds is 7. The van der Waals surface area contributed by atoms with E-state index in [2.05, 4.69) is 16.5 Å². The fraction of sp³-hybridized carbons (Fsp3) is 0.154. The van der Waals surface area contributed by atoms with Crippen LogP contribution in [0.4, 0.5) is 5.69 Å². The Bertz CT molecular complexity index is 1590. The average molecular weight is 486 g/mol. The minimum atomic E-state index is -0.397. The molecule has 0 saturated heterocycles. The molecule has 0 aliphatic heterocycles. The smallest absolute Gasteiger partial charge is 0.351 e. The van der Waals surface area contributed by atoms with Crippen LogP contribution in [0, 0.1) is 6.92 Å². The second kappa shape index (κ2) is 9.63. The number of para-hydroxylation sites is 2. The summed E-state index contributed by atoms with van der Waals surface area (Å²) >= 11 is 1.44. The van der Waals surface area contributed by atoms with Crippen molar-refractivity contribution in [3.05, 3.63) is 88.8 Å². The zero-order valence-corrected chi connectivity index (χ0v) is 20.1. The van der Waals surface area contributed by atoms with E-state index in [4.69, 9.17) is 9.72 Å². The summed E-state index contributed by atoms with van der Waals surface area (Å²) in [7, 11) is 0. The van der Waals surface area contributed by atoms with E-state index in [1.165, 1.54) is 20.8 Å². The second-order valence-electron chi connectivity index (χ2n) is 7.93. The number of fused-ring (bicyclic) bond motifs is 3. The van der Waals surface area contributed by atoms with Gasteiger partial charge in [-0.2, -0.15) is 0 Å². The number of aromatic nitrogens is 4. The molecule has 1 N–H and O–H groups in total. The van der Waals surface area contributed by atoms with Crippen LogP contribution in [0.25, 0.3) is 16.7 Å². The van der Waals surface area contributed by atoms with Gasteiger partial charge in [0, 0.05) is 10.6 Å². The van der Waals surface area contributed by atoms with Crippen LogP contribution in [0.5, 0.6) is 5.75 Å². The van der Waals surface area contributed by atoms with Gasteiger partial charge >= 0.3 is 5.69 Å². The highest BCUT2D eigenvalue weighted by Gasteiger charge is 2.18. The van der Waals surface area contributed by atoms with Gasteiger partial charge in [0.15, 0.2) is 5.65 Å². The molecule has 2 aromatic heterocycles. The molecule has 176 valence electrons. The lowest BCUT2D eigenvalue weighted by Gasteiger charge is -2.06. The largest absolute Gasteiger partial charge is 0.494 e. The molecule has 0 atom stereocenters. The first kappa shape index (κ1) is 22.7. The third-order valence-corrected chi connectivity index (χ3v) is 6.28. The minimum absolute atomic E-state index is 0.226. The average Bonchev–Trinajstić information content (AvgIpc) is 3.17. The van der Waals surface area contributed by atoms with Gasteiger partial charge in [0.2, 0.25) is 5.91 Å². The molecule has 35 heavy (non-hydrogen) atoms. The van der Waals surface area contributed by atoms with Crippen LogP contribution >= 0.6 is 11.8 Å². The topological polar surface area (TPSA) is 90.5 Å². The van der Waals surface area contributed by atoms with E-state index in [0.717, 1.165) is 16.2 Å². The number of nitrogens with zero attached hydrogens (tertiary/aromatic N) is 4. The SMILES string of the molecule is CCOc1ccc(NC(=O)Cn2nc3c(Sc4cccc(C)c4)nc4ccccc4n3c2=O)cc1. The van der Waals surface area contributed by atoms with Crippen LogP contribution in [0.15, 0.2) is 87.5 Å². The number of benzene rings is 3. The molecule has 0 aliphatic rings. The predicted molar refractivity (Wildman–Crippen MR) is 136 cm³/mol. The molecule has 0 aliphatic carbocycles. The molecular weight excluding hydrogens is 462 g/mol. The molecule has 8 nitrogen and oxygen atoms in total. The number of amides is 1. The van der Waals surface area contributed by atoms with E-state index in [1.807, 2.05) is 56.3 Å². The first-order chi connectivity index (χ1) is 17.0. The molecule has 0 fully saturated rings. The molecule has 5 rings (SSSR count). The summed E-state index contributed by atoms with van der Waals surface area (Å²) in [4.78, 5) is 31.8. The molecule has 0 radical (unpaired) electrons. The zero-order valence-electron chi connectivity index (χ0n) is 19.3. The summed E-state index contributed by atoms with van der Waals surface area (Å²) in [6.07, 6.45) is 0. The monoisotopic (exact) mass is 485 g/mol. The molecule has 5 aromatic rings. The number of ether oxygens (including phenoxy) is 1. The molecule has 3 aromatic carbocycles. The molecule has 0 bridgehead atoms. The quantitative estimate of drug-likeness (QED) is 0.364. The Morgan fingerprint density at radius 2 is 1.86 bits per heavy atom. The van der Waals surface area contributed by atoms with E-state index in [0.29, 0.717) is 34.0 Å². The van der Waals surface area contributed by atoms with Crippen molar-refractivity contribution >= 4 is 40.0 Å². The van der Waals surface area contributed by atoms with Crippen molar-refractivity contribution in [1.82, 2.24) is 19.2 Å². The van der Waals surface area contributed by atoms with E-state index in [1.54, 1.807) is 24.3 Å². The van der Waals surface area contributed by atoms with Crippen molar-refractivity contribution in [3.8, 4) is 5.75 Å². The normalized spacial score (nSPS) is 11.1. The van der Waals surface area contributed by atoms with Crippen LogP contribution in [-0.4, -0.2) is 31.7 Å². The summed E-state index contributed by atoms with van der Waals surface area (Å²) in [5.41, 5.74) is 3.06. The molecule has 0 saturated carbocycles. The number of aryl methyl sites for hydroxylation is 1. The summed E-state index contributed by atoms with van der Waals surface area (Å²) in [5.74, 6) is 0.366. The van der Waals surface area contributed by atoms with Crippen molar-refractivity contribution in [2.45, 2.75) is 30.3 Å². The van der Waals surface area contributed by atoms with Gasteiger partial charge in [-0.25, -0.2) is 18.9 Å². The van der Waals surface area contributed by atoms with Gasteiger partial charge in [-0.05, 0) is 62.4 Å². The fourth-order valence-corrected chi connectivity index (χ4v) is 4.75. The Morgan fingerprint density at radius 1 is 1.06 bits per heavy atom. The summed E-state index contributed by atoms with van der Waals surface area (Å²) in [6.45, 7) is 4.27. The van der Waals surface area contributed by atoms with Crippen LogP contribution in [0.1, 0.15) is 12.5 Å². The molecule has 0 unspecified atom stereocenters. The van der Waals surface area contributed by atoms with Crippen LogP contribution in [0.3, 0.4) is 0 Å². The number of carbonyl (C=O) groups is 1. The molecule has 9 heteroatoms. The lowest BCUT2D eigenvalue weighted by atomic mass is 10.2. The van der Waals surface area contributed by atoms with E-state index in [9.17, 15) is 9.59 Å². The Labute approximate surface area is 205 Å². The van der Waals surface area contributed by atoms with Gasteiger partial charge in [0.25, 0.3) is 0 Å². The Kier molecular flexibility index (Phi) is 6.24. The van der Waals surface area contributed by atoms with Crippen LogP contribution in [0.2, 0.25) is 0 Å². The summed E-state index contributed by atoms with van der Waals surface area (Å²) < 4.78 is 8.12. The standard InChI is InChI=1S/C26H23N5O3S/c1-3-34-19-13-11-18(12-14-19)27-23(32)16-30-26(33)31-22-10-5-4-9-21(22)28-25(24(31)29-30)35-20-8-6-7-17(2)15-20/h4-15H,3,16H2,1-2H3,(H,27,32). The van der Waals surface area contributed by atoms with E-state index in [-0.39, 0.29) is 12.5 Å². The molecule has 2 heterocycles. The molecular formula is C26H23N5O3S. The number of nitrogens with one attached hydrogen (secondary N) is 1. The number of carbonyl (C=O) groups excluding carboxylic acids is 1. The van der Waals surface area contributed by atoms with Gasteiger partial charge in [-0.15, -0.1) is 5.10 Å². The van der Waals surface area contributed by atoms with Crippen molar-refractivity contribution in [1.29, 1.82) is 0 Å². The van der Waals surface area contributed by atoms with E-state index < -0.39 is 5.69 Å². The van der Waals surface area contributed by atoms with Crippen LogP contribution < -0.4 is 15.7 Å². The third kappa shape index (κ3) is 4.76. The highest BCUT2D eigenvalue weighted by atomic mass is 32.2. The first-order valence-corrected chi connectivity index (χ1v) is 12.0. The van der Waals surface area contributed by atoms with Gasteiger partial charge in [-0.3, -0.25) is 4.79 Å². The predicted octanol–water partition coefficient (Wildman–Crippen LogP) is 4.54. The lowest BCUT2D eigenvalue weighted by molar-refractivity contribution is -0.117. The molecule has 1 amide bonds. The van der Waals surface area contributed by atoms with E-state index >= 15 is 0 Å². The zero-order chi connectivity index (χ0) is 24.4. The van der Waals surface area contributed by atoms with Crippen LogP contribution in [-0.2, 0) is 11.3 Å². The van der Waals surface area contributed by atoms with Crippen molar-refractivity contribution in [3.63, 3.8) is 0 Å². The first-order valence-electron chi connectivity index (χ1n) is 11.2. The Balaban J connectivity index is 1.49. The van der Waals surface area contributed by atoms with Gasteiger partial charge in [-0.1, -0.05) is 41.6 Å². The fourth-order valence-electron chi connectivity index (χ4n) is 3.77. The van der Waals surface area contributed by atoms with Crippen molar-refractivity contribution in [2.75, 3.05) is 11.9 Å². The summed E-state index contributed by atoms with van der Waals surface area (Å²) in [5, 5.41) is 7.90. The second-order valence-corrected chi connectivity index (χ2v) is 8.99. The maximum atomic E-state index is 13.3. The number of anilines is 1. The van der Waals surface area contributed by atoms with Gasteiger partial charge < -0.3 is 10.1 Å². The Hall–Kier alpha value is -4.11. The maximum Gasteiger partial charge on any atom is 0.351 e. The highest BCUT2D eigenvalue weighted by molar-refractivity contribution is 7.99. The maximum absolute atomic E-state index is 13.3. The van der Waals surface area contributed by atoms with Crippen molar-refractivity contribution < 1.29 is 9.53 Å². The number of hydrogen-bond donors (Lipinski definition) is 1. The number of hydrogen-bond acceptors (Lipinski definition) is 6. The Morgan fingerprint density at radius 3 is 2.63 bits per heavy atom. The third-order valence-electron chi connectivity index (χ3n) is 5.32. The van der Waals surface area contributed by atoms with Crippen molar-refractivity contribution in [2.24, 2.45) is 0 Å². The molecule has 0 spiro atoms. The van der Waals surface area contributed by atoms with Gasteiger partial charge in [0.05, 0.1) is 17.6 Å². The van der Waals surface area contributed by atoms with Gasteiger partial charge in [0.1, 0.15) is 17.3 Å². The summed E-state index contributed by atoms with van der Waals surface area (Å²) in [6, 6.07) is 22.5.